The third kappa shape index (κ3) is 5.10. The summed E-state index contributed by atoms with van der Waals surface area (Å²) in [4.78, 5) is 12.2. The van der Waals surface area contributed by atoms with Crippen molar-refractivity contribution in [2.24, 2.45) is 5.92 Å². The van der Waals surface area contributed by atoms with Crippen molar-refractivity contribution in [3.8, 4) is 5.75 Å². The van der Waals surface area contributed by atoms with Gasteiger partial charge in [0.05, 0.1) is 13.2 Å². The Hall–Kier alpha value is -2.33. The average Bonchev–Trinajstić information content (AvgIpc) is 2.61. The highest BCUT2D eigenvalue weighted by atomic mass is 16.5. The van der Waals surface area contributed by atoms with E-state index in [1.54, 1.807) is 13.2 Å². The summed E-state index contributed by atoms with van der Waals surface area (Å²) in [6.07, 6.45) is -0.0721. The van der Waals surface area contributed by atoms with Gasteiger partial charge in [0.15, 0.2) is 0 Å². The first-order chi connectivity index (χ1) is 11.5. The third-order valence-corrected chi connectivity index (χ3v) is 4.06. The molecule has 2 N–H and O–H groups in total. The van der Waals surface area contributed by atoms with Gasteiger partial charge in [-0.1, -0.05) is 48.9 Å². The van der Waals surface area contributed by atoms with Crippen LogP contribution in [0, 0.1) is 12.8 Å². The standard InChI is InChI=1S/C20H25NO3/c1-14-7-9-16(10-8-14)11-15(2)20(23)21-13-19(22)17-5-4-6-18(12-17)24-3/h4-10,12,15,19,22H,11,13H2,1-3H3,(H,21,23). The highest BCUT2D eigenvalue weighted by Gasteiger charge is 2.16. The van der Waals surface area contributed by atoms with Gasteiger partial charge in [-0.25, -0.2) is 0 Å². The molecule has 0 saturated carbocycles. The normalized spacial score (nSPS) is 13.2. The van der Waals surface area contributed by atoms with Gasteiger partial charge in [-0.3, -0.25) is 4.79 Å². The van der Waals surface area contributed by atoms with Gasteiger partial charge >= 0.3 is 0 Å². The second-order valence-corrected chi connectivity index (χ2v) is 6.13. The summed E-state index contributed by atoms with van der Waals surface area (Å²) in [6, 6.07) is 15.4. The SMILES string of the molecule is COc1cccc(C(O)CNC(=O)C(C)Cc2ccc(C)cc2)c1. The number of benzene rings is 2. The Morgan fingerprint density at radius 2 is 1.92 bits per heavy atom. The summed E-state index contributed by atoms with van der Waals surface area (Å²) in [7, 11) is 1.58. The molecule has 128 valence electrons. The van der Waals surface area contributed by atoms with E-state index in [-0.39, 0.29) is 18.4 Å². The van der Waals surface area contributed by atoms with Crippen LogP contribution < -0.4 is 10.1 Å². The topological polar surface area (TPSA) is 58.6 Å². The van der Waals surface area contributed by atoms with E-state index in [1.807, 2.05) is 56.3 Å². The van der Waals surface area contributed by atoms with Crippen molar-refractivity contribution in [3.63, 3.8) is 0 Å². The number of hydrogen-bond acceptors (Lipinski definition) is 3. The molecule has 2 aromatic carbocycles. The van der Waals surface area contributed by atoms with Crippen LogP contribution in [0.1, 0.15) is 29.7 Å². The van der Waals surface area contributed by atoms with Gasteiger partial charge in [0, 0.05) is 12.5 Å². The predicted octanol–water partition coefficient (Wildman–Crippen LogP) is 3.03. The molecule has 0 aromatic heterocycles. The third-order valence-electron chi connectivity index (χ3n) is 4.06. The van der Waals surface area contributed by atoms with Gasteiger partial charge < -0.3 is 15.2 Å². The number of hydrogen-bond donors (Lipinski definition) is 2. The predicted molar refractivity (Wildman–Crippen MR) is 95.0 cm³/mol. The summed E-state index contributed by atoms with van der Waals surface area (Å²) >= 11 is 0. The summed E-state index contributed by atoms with van der Waals surface area (Å²) in [6.45, 7) is 4.12. The van der Waals surface area contributed by atoms with Crippen LogP contribution in [0.15, 0.2) is 48.5 Å². The molecule has 0 aliphatic rings. The molecule has 0 spiro atoms. The minimum Gasteiger partial charge on any atom is -0.497 e. The number of rotatable bonds is 7. The van der Waals surface area contributed by atoms with Gasteiger partial charge in [0.1, 0.15) is 5.75 Å². The van der Waals surface area contributed by atoms with Crippen LogP contribution in [-0.2, 0) is 11.2 Å². The molecule has 0 heterocycles. The molecule has 24 heavy (non-hydrogen) atoms. The van der Waals surface area contributed by atoms with Crippen molar-refractivity contribution in [3.05, 3.63) is 65.2 Å². The summed E-state index contributed by atoms with van der Waals surface area (Å²) in [5.41, 5.74) is 3.06. The van der Waals surface area contributed by atoms with Gasteiger partial charge in [-0.2, -0.15) is 0 Å². The fraction of sp³-hybridized carbons (Fsp3) is 0.350. The molecular weight excluding hydrogens is 302 g/mol. The number of carbonyl (C=O) groups excluding carboxylic acids is 1. The first-order valence-electron chi connectivity index (χ1n) is 8.15. The Labute approximate surface area is 143 Å². The molecule has 2 aromatic rings. The molecule has 0 aliphatic carbocycles. The molecule has 2 rings (SSSR count). The lowest BCUT2D eigenvalue weighted by atomic mass is 9.99. The molecule has 0 fully saturated rings. The van der Waals surface area contributed by atoms with Gasteiger partial charge in [0.25, 0.3) is 0 Å². The lowest BCUT2D eigenvalue weighted by Gasteiger charge is -2.16. The lowest BCUT2D eigenvalue weighted by Crippen LogP contribution is -2.33. The second kappa shape index (κ2) is 8.50. The maximum absolute atomic E-state index is 12.2. The van der Waals surface area contributed by atoms with Crippen LogP contribution in [0.2, 0.25) is 0 Å². The Kier molecular flexibility index (Phi) is 6.38. The number of amides is 1. The van der Waals surface area contributed by atoms with Crippen LogP contribution in [-0.4, -0.2) is 24.7 Å². The Morgan fingerprint density at radius 1 is 1.21 bits per heavy atom. The van der Waals surface area contributed by atoms with Crippen molar-refractivity contribution in [1.29, 1.82) is 0 Å². The number of carbonyl (C=O) groups is 1. The zero-order valence-electron chi connectivity index (χ0n) is 14.5. The molecule has 0 bridgehead atoms. The van der Waals surface area contributed by atoms with Crippen molar-refractivity contribution in [2.75, 3.05) is 13.7 Å². The molecule has 4 heteroatoms. The maximum Gasteiger partial charge on any atom is 0.223 e. The van der Waals surface area contributed by atoms with E-state index in [0.717, 1.165) is 11.1 Å². The van der Waals surface area contributed by atoms with Crippen molar-refractivity contribution < 1.29 is 14.6 Å². The molecule has 2 atom stereocenters. The lowest BCUT2D eigenvalue weighted by molar-refractivity contribution is -0.124. The minimum atomic E-state index is -0.754. The summed E-state index contributed by atoms with van der Waals surface area (Å²) in [5.74, 6) is 0.480. The number of aliphatic hydroxyl groups excluding tert-OH is 1. The smallest absolute Gasteiger partial charge is 0.223 e. The van der Waals surface area contributed by atoms with Crippen LogP contribution in [0.5, 0.6) is 5.75 Å². The van der Waals surface area contributed by atoms with E-state index >= 15 is 0 Å². The zero-order chi connectivity index (χ0) is 17.5. The van der Waals surface area contributed by atoms with Crippen molar-refractivity contribution >= 4 is 5.91 Å². The maximum atomic E-state index is 12.2. The Bertz CT molecular complexity index is 667. The Morgan fingerprint density at radius 3 is 2.58 bits per heavy atom. The summed E-state index contributed by atoms with van der Waals surface area (Å²) < 4.78 is 5.15. The zero-order valence-corrected chi connectivity index (χ0v) is 14.5. The molecule has 0 saturated heterocycles. The monoisotopic (exact) mass is 327 g/mol. The fourth-order valence-electron chi connectivity index (χ4n) is 2.51. The fourth-order valence-corrected chi connectivity index (χ4v) is 2.51. The number of aliphatic hydroxyl groups is 1. The van der Waals surface area contributed by atoms with E-state index < -0.39 is 6.10 Å². The average molecular weight is 327 g/mol. The van der Waals surface area contributed by atoms with Gasteiger partial charge in [0.2, 0.25) is 5.91 Å². The number of ether oxygens (including phenoxy) is 1. The minimum absolute atomic E-state index is 0.0579. The molecular formula is C20H25NO3. The van der Waals surface area contributed by atoms with E-state index in [2.05, 4.69) is 5.32 Å². The number of nitrogens with one attached hydrogen (secondary N) is 1. The summed E-state index contributed by atoms with van der Waals surface area (Å²) in [5, 5.41) is 13.0. The highest BCUT2D eigenvalue weighted by Crippen LogP contribution is 2.18. The van der Waals surface area contributed by atoms with Crippen LogP contribution in [0.25, 0.3) is 0 Å². The van der Waals surface area contributed by atoms with E-state index in [9.17, 15) is 9.90 Å². The molecule has 0 aliphatic heterocycles. The van der Waals surface area contributed by atoms with Gasteiger partial charge in [-0.15, -0.1) is 0 Å². The van der Waals surface area contributed by atoms with Crippen LogP contribution in [0.3, 0.4) is 0 Å². The largest absolute Gasteiger partial charge is 0.497 e. The molecule has 4 nitrogen and oxygen atoms in total. The highest BCUT2D eigenvalue weighted by molar-refractivity contribution is 5.78. The first-order valence-corrected chi connectivity index (χ1v) is 8.15. The van der Waals surface area contributed by atoms with Crippen molar-refractivity contribution in [2.45, 2.75) is 26.4 Å². The van der Waals surface area contributed by atoms with E-state index in [1.165, 1.54) is 5.56 Å². The van der Waals surface area contributed by atoms with Crippen LogP contribution >= 0.6 is 0 Å². The van der Waals surface area contributed by atoms with Crippen molar-refractivity contribution in [1.82, 2.24) is 5.32 Å². The van der Waals surface area contributed by atoms with Gasteiger partial charge in [-0.05, 0) is 36.6 Å². The molecule has 0 radical (unpaired) electrons. The quantitative estimate of drug-likeness (QED) is 0.822. The van der Waals surface area contributed by atoms with E-state index in [0.29, 0.717) is 12.2 Å². The second-order valence-electron chi connectivity index (χ2n) is 6.13. The Balaban J connectivity index is 1.85. The number of aryl methyl sites for hydroxylation is 1. The van der Waals surface area contributed by atoms with E-state index in [4.69, 9.17) is 4.74 Å². The first kappa shape index (κ1) is 18.0. The van der Waals surface area contributed by atoms with Crippen LogP contribution in [0.4, 0.5) is 0 Å². The molecule has 1 amide bonds. The molecule has 2 unspecified atom stereocenters. The number of methoxy groups -OCH3 is 1.